The van der Waals surface area contributed by atoms with E-state index in [0.717, 1.165) is 34.1 Å². The quantitative estimate of drug-likeness (QED) is 0.710. The lowest BCUT2D eigenvalue weighted by molar-refractivity contribution is 0.516. The third-order valence-electron chi connectivity index (χ3n) is 3.49. The number of hydrogen-bond acceptors (Lipinski definition) is 3. The standard InChI is InChI=1S/C14H21BrN2S2/c1-2-6-11-13(15)14(18)17-12(16-11)9-19-10-7-4-3-5-8-10/h10H,2-9H2,1H3,(H,16,17,18). The van der Waals surface area contributed by atoms with Gasteiger partial charge in [-0.3, -0.25) is 0 Å². The Morgan fingerprint density at radius 2 is 2.11 bits per heavy atom. The van der Waals surface area contributed by atoms with Gasteiger partial charge >= 0.3 is 0 Å². The van der Waals surface area contributed by atoms with Crippen molar-refractivity contribution in [3.8, 4) is 0 Å². The molecule has 0 spiro atoms. The van der Waals surface area contributed by atoms with Crippen LogP contribution in [0.1, 0.15) is 57.0 Å². The molecule has 106 valence electrons. The van der Waals surface area contributed by atoms with Crippen LogP contribution in [0.15, 0.2) is 4.47 Å². The van der Waals surface area contributed by atoms with E-state index in [4.69, 9.17) is 12.2 Å². The van der Waals surface area contributed by atoms with Crippen LogP contribution in [0.3, 0.4) is 0 Å². The molecule has 0 saturated heterocycles. The van der Waals surface area contributed by atoms with Gasteiger partial charge in [0, 0.05) is 10.9 Å². The molecule has 1 aromatic rings. The van der Waals surface area contributed by atoms with Crippen LogP contribution in [-0.4, -0.2) is 15.2 Å². The second-order valence-corrected chi connectivity index (χ2v) is 7.57. The number of rotatable bonds is 5. The van der Waals surface area contributed by atoms with Gasteiger partial charge in [0.25, 0.3) is 0 Å². The molecule has 5 heteroatoms. The van der Waals surface area contributed by atoms with E-state index in [0.29, 0.717) is 4.64 Å². The lowest BCUT2D eigenvalue weighted by Gasteiger charge is -2.20. The zero-order chi connectivity index (χ0) is 13.7. The molecule has 1 aromatic heterocycles. The molecule has 2 rings (SSSR count). The Balaban J connectivity index is 2.01. The van der Waals surface area contributed by atoms with E-state index in [1.165, 1.54) is 37.8 Å². The Morgan fingerprint density at radius 3 is 2.79 bits per heavy atom. The van der Waals surface area contributed by atoms with Crippen molar-refractivity contribution in [1.29, 1.82) is 0 Å². The number of thioether (sulfide) groups is 1. The van der Waals surface area contributed by atoms with Crippen molar-refractivity contribution in [2.24, 2.45) is 0 Å². The number of nitrogens with zero attached hydrogens (tertiary/aromatic N) is 1. The Hall–Kier alpha value is 0.130. The third-order valence-corrected chi connectivity index (χ3v) is 6.29. The average molecular weight is 361 g/mol. The van der Waals surface area contributed by atoms with E-state index < -0.39 is 0 Å². The van der Waals surface area contributed by atoms with Gasteiger partial charge in [-0.15, -0.1) is 0 Å². The van der Waals surface area contributed by atoms with Gasteiger partial charge < -0.3 is 4.98 Å². The fourth-order valence-corrected chi connectivity index (χ4v) is 4.29. The molecular weight excluding hydrogens is 340 g/mol. The van der Waals surface area contributed by atoms with Crippen LogP contribution in [0.25, 0.3) is 0 Å². The average Bonchev–Trinajstić information content (AvgIpc) is 2.43. The minimum Gasteiger partial charge on any atom is -0.345 e. The van der Waals surface area contributed by atoms with E-state index >= 15 is 0 Å². The molecule has 0 aromatic carbocycles. The van der Waals surface area contributed by atoms with Gasteiger partial charge in [-0.25, -0.2) is 4.98 Å². The third kappa shape index (κ3) is 4.57. The summed E-state index contributed by atoms with van der Waals surface area (Å²) in [6.45, 7) is 2.18. The molecule has 1 N–H and O–H groups in total. The molecule has 0 bridgehead atoms. The molecule has 1 heterocycles. The normalized spacial score (nSPS) is 16.7. The van der Waals surface area contributed by atoms with Crippen molar-refractivity contribution in [2.75, 3.05) is 0 Å². The summed E-state index contributed by atoms with van der Waals surface area (Å²) in [5.41, 5.74) is 1.20. The Morgan fingerprint density at radius 1 is 1.37 bits per heavy atom. The Labute approximate surface area is 133 Å². The highest BCUT2D eigenvalue weighted by Gasteiger charge is 2.14. The van der Waals surface area contributed by atoms with E-state index in [9.17, 15) is 0 Å². The molecule has 0 radical (unpaired) electrons. The van der Waals surface area contributed by atoms with Gasteiger partial charge in [0.1, 0.15) is 10.5 Å². The van der Waals surface area contributed by atoms with Crippen molar-refractivity contribution in [3.63, 3.8) is 0 Å². The fraction of sp³-hybridized carbons (Fsp3) is 0.714. The van der Waals surface area contributed by atoms with Crippen LogP contribution < -0.4 is 0 Å². The lowest BCUT2D eigenvalue weighted by atomic mass is 10.0. The first kappa shape index (κ1) is 15.5. The molecular formula is C14H21BrN2S2. The highest BCUT2D eigenvalue weighted by Crippen LogP contribution is 2.30. The second kappa shape index (κ2) is 7.79. The van der Waals surface area contributed by atoms with E-state index in [2.05, 4.69) is 32.8 Å². The number of aromatic amines is 1. The van der Waals surface area contributed by atoms with Gasteiger partial charge in [-0.2, -0.15) is 11.8 Å². The summed E-state index contributed by atoms with van der Waals surface area (Å²) in [7, 11) is 0. The molecule has 1 aliphatic carbocycles. The van der Waals surface area contributed by atoms with E-state index in [-0.39, 0.29) is 0 Å². The SMILES string of the molecule is CCCc1[nH]c(CSC2CCCCC2)nc(=S)c1Br. The number of aromatic nitrogens is 2. The topological polar surface area (TPSA) is 28.7 Å². The second-order valence-electron chi connectivity index (χ2n) is 5.10. The van der Waals surface area contributed by atoms with Crippen LogP contribution in [-0.2, 0) is 12.2 Å². The maximum Gasteiger partial charge on any atom is 0.144 e. The molecule has 1 aliphatic rings. The maximum absolute atomic E-state index is 5.33. The highest BCUT2D eigenvalue weighted by atomic mass is 79.9. The van der Waals surface area contributed by atoms with Crippen molar-refractivity contribution in [3.05, 3.63) is 20.6 Å². The van der Waals surface area contributed by atoms with Crippen LogP contribution >= 0.6 is 39.9 Å². The summed E-state index contributed by atoms with van der Waals surface area (Å²) in [5.74, 6) is 1.99. The van der Waals surface area contributed by atoms with Crippen molar-refractivity contribution < 1.29 is 0 Å². The largest absolute Gasteiger partial charge is 0.345 e. The van der Waals surface area contributed by atoms with E-state index in [1.54, 1.807) is 0 Å². The summed E-state index contributed by atoms with van der Waals surface area (Å²) < 4.78 is 1.66. The Kier molecular flexibility index (Phi) is 6.36. The highest BCUT2D eigenvalue weighted by molar-refractivity contribution is 9.10. The van der Waals surface area contributed by atoms with Crippen molar-refractivity contribution >= 4 is 39.9 Å². The minimum atomic E-state index is 0.696. The number of halogens is 1. The molecule has 19 heavy (non-hydrogen) atoms. The first-order valence-corrected chi connectivity index (χ1v) is 9.35. The zero-order valence-electron chi connectivity index (χ0n) is 11.4. The predicted molar refractivity (Wildman–Crippen MR) is 89.3 cm³/mol. The smallest absolute Gasteiger partial charge is 0.144 e. The van der Waals surface area contributed by atoms with Crippen LogP contribution in [0.5, 0.6) is 0 Å². The molecule has 0 amide bonds. The summed E-state index contributed by atoms with van der Waals surface area (Å²) in [5, 5.41) is 0.816. The lowest BCUT2D eigenvalue weighted by Crippen LogP contribution is -2.09. The van der Waals surface area contributed by atoms with Gasteiger partial charge in [0.05, 0.1) is 10.2 Å². The molecule has 0 atom stereocenters. The number of hydrogen-bond donors (Lipinski definition) is 1. The number of H-pyrrole nitrogens is 1. The van der Waals surface area contributed by atoms with Crippen LogP contribution in [0, 0.1) is 4.64 Å². The van der Waals surface area contributed by atoms with Gasteiger partial charge in [-0.05, 0) is 35.2 Å². The number of nitrogens with one attached hydrogen (secondary N) is 1. The van der Waals surface area contributed by atoms with Crippen LogP contribution in [0.4, 0.5) is 0 Å². The van der Waals surface area contributed by atoms with Gasteiger partial charge in [0.15, 0.2) is 0 Å². The minimum absolute atomic E-state index is 0.696. The summed E-state index contributed by atoms with van der Waals surface area (Å²) in [4.78, 5) is 7.94. The number of aryl methyl sites for hydroxylation is 1. The molecule has 0 unspecified atom stereocenters. The van der Waals surface area contributed by atoms with Crippen molar-refractivity contribution in [1.82, 2.24) is 9.97 Å². The molecule has 1 saturated carbocycles. The Bertz CT molecular complexity index is 467. The first-order chi connectivity index (χ1) is 9.20. The fourth-order valence-electron chi connectivity index (χ4n) is 2.48. The summed E-state index contributed by atoms with van der Waals surface area (Å²) in [6, 6.07) is 0. The summed E-state index contributed by atoms with van der Waals surface area (Å²) >= 11 is 10.9. The predicted octanol–water partition coefficient (Wildman–Crippen LogP) is 5.42. The van der Waals surface area contributed by atoms with Gasteiger partial charge in [0.2, 0.25) is 0 Å². The molecule has 2 nitrogen and oxygen atoms in total. The van der Waals surface area contributed by atoms with Gasteiger partial charge in [-0.1, -0.05) is 44.8 Å². The molecule has 1 fully saturated rings. The first-order valence-electron chi connectivity index (χ1n) is 7.10. The molecule has 0 aliphatic heterocycles. The zero-order valence-corrected chi connectivity index (χ0v) is 14.6. The maximum atomic E-state index is 5.33. The summed E-state index contributed by atoms with van der Waals surface area (Å²) in [6.07, 6.45) is 9.06. The monoisotopic (exact) mass is 360 g/mol. The van der Waals surface area contributed by atoms with E-state index in [1.807, 2.05) is 11.8 Å². The van der Waals surface area contributed by atoms with Crippen molar-refractivity contribution in [2.45, 2.75) is 62.9 Å². The van der Waals surface area contributed by atoms with Crippen LogP contribution in [0.2, 0.25) is 0 Å².